The maximum absolute atomic E-state index is 13.4. The molecule has 4 unspecified atom stereocenters. The topological polar surface area (TPSA) is 196 Å². The number of rotatable bonds is 10. The van der Waals surface area contributed by atoms with Crippen molar-refractivity contribution in [3.05, 3.63) is 29.8 Å². The van der Waals surface area contributed by atoms with Gasteiger partial charge in [-0.25, -0.2) is 4.79 Å². The molecule has 12 heteroatoms. The zero-order valence-corrected chi connectivity index (χ0v) is 20.0. The molecule has 12 nitrogen and oxygen atoms in total. The van der Waals surface area contributed by atoms with Crippen molar-refractivity contribution in [3.8, 4) is 5.75 Å². The lowest BCUT2D eigenvalue weighted by Gasteiger charge is -2.30. The maximum atomic E-state index is 13.4. The Morgan fingerprint density at radius 1 is 0.972 bits per heavy atom. The molecule has 4 amide bonds. The van der Waals surface area contributed by atoms with E-state index >= 15 is 0 Å². The number of carbonyl (C=O) groups excluding carboxylic acids is 4. The Balaban J connectivity index is 1.76. The van der Waals surface area contributed by atoms with Crippen molar-refractivity contribution >= 4 is 29.6 Å². The Kier molecular flexibility index (Phi) is 8.86. The summed E-state index contributed by atoms with van der Waals surface area (Å²) in [6.45, 7) is 0.575. The summed E-state index contributed by atoms with van der Waals surface area (Å²) in [5.74, 6) is -3.16. The van der Waals surface area contributed by atoms with Gasteiger partial charge < -0.3 is 36.8 Å². The fourth-order valence-electron chi connectivity index (χ4n) is 4.76. The number of likely N-dealkylation sites (tertiary alicyclic amines) is 2. The number of primary amides is 1. The quantitative estimate of drug-likeness (QED) is 0.270. The number of nitrogens with one attached hydrogen (secondary N) is 1. The summed E-state index contributed by atoms with van der Waals surface area (Å²) in [6.07, 6.45) is 1.89. The van der Waals surface area contributed by atoms with Gasteiger partial charge in [-0.1, -0.05) is 12.1 Å². The third kappa shape index (κ3) is 6.51. The lowest BCUT2D eigenvalue weighted by Crippen LogP contribution is -2.57. The number of hydrogen-bond acceptors (Lipinski definition) is 7. The van der Waals surface area contributed by atoms with Crippen LogP contribution in [0.2, 0.25) is 0 Å². The van der Waals surface area contributed by atoms with Crippen molar-refractivity contribution < 1.29 is 34.2 Å². The molecule has 2 aliphatic heterocycles. The average Bonchev–Trinajstić information content (AvgIpc) is 3.52. The molecular formula is C24H33N5O7. The first kappa shape index (κ1) is 26.9. The number of hydrogen-bond donors (Lipinski definition) is 5. The lowest BCUT2D eigenvalue weighted by atomic mass is 10.0. The monoisotopic (exact) mass is 503 g/mol. The van der Waals surface area contributed by atoms with E-state index in [2.05, 4.69) is 5.32 Å². The van der Waals surface area contributed by atoms with Crippen LogP contribution < -0.4 is 16.8 Å². The Hall–Kier alpha value is -3.67. The van der Waals surface area contributed by atoms with Crippen LogP contribution in [0.5, 0.6) is 5.75 Å². The van der Waals surface area contributed by atoms with Crippen LogP contribution in [0.1, 0.15) is 44.1 Å². The molecule has 0 saturated carbocycles. The van der Waals surface area contributed by atoms with Crippen LogP contribution >= 0.6 is 0 Å². The number of benzene rings is 1. The number of aromatic hydroxyl groups is 1. The van der Waals surface area contributed by atoms with Gasteiger partial charge in [0, 0.05) is 25.9 Å². The molecule has 0 bridgehead atoms. The third-order valence-electron chi connectivity index (χ3n) is 6.67. The number of phenolic OH excluding ortho intramolecular Hbond substituents is 1. The van der Waals surface area contributed by atoms with Gasteiger partial charge in [-0.05, 0) is 49.8 Å². The Morgan fingerprint density at radius 3 is 2.14 bits per heavy atom. The highest BCUT2D eigenvalue weighted by atomic mass is 16.4. The third-order valence-corrected chi connectivity index (χ3v) is 6.67. The number of phenols is 1. The average molecular weight is 504 g/mol. The predicted octanol–water partition coefficient (Wildman–Crippen LogP) is -0.921. The number of nitrogens with two attached hydrogens (primary N) is 2. The molecule has 2 aliphatic rings. The van der Waals surface area contributed by atoms with Gasteiger partial charge in [0.25, 0.3) is 0 Å². The van der Waals surface area contributed by atoms with Crippen molar-refractivity contribution in [3.63, 3.8) is 0 Å². The second-order valence-corrected chi connectivity index (χ2v) is 9.26. The molecule has 0 radical (unpaired) electrons. The van der Waals surface area contributed by atoms with Crippen LogP contribution in [0.4, 0.5) is 0 Å². The second-order valence-electron chi connectivity index (χ2n) is 9.26. The smallest absolute Gasteiger partial charge is 0.326 e. The summed E-state index contributed by atoms with van der Waals surface area (Å²) >= 11 is 0. The first-order valence-electron chi connectivity index (χ1n) is 12.0. The van der Waals surface area contributed by atoms with E-state index in [-0.39, 0.29) is 31.6 Å². The maximum Gasteiger partial charge on any atom is 0.326 e. The molecule has 2 fully saturated rings. The fourth-order valence-corrected chi connectivity index (χ4v) is 4.76. The second kappa shape index (κ2) is 11.8. The van der Waals surface area contributed by atoms with Crippen LogP contribution in [-0.4, -0.2) is 86.9 Å². The van der Waals surface area contributed by atoms with E-state index in [1.807, 2.05) is 0 Å². The van der Waals surface area contributed by atoms with Crippen LogP contribution in [-0.2, 0) is 30.4 Å². The molecule has 0 spiro atoms. The lowest BCUT2D eigenvalue weighted by molar-refractivity contribution is -0.149. The van der Waals surface area contributed by atoms with Gasteiger partial charge in [0.2, 0.25) is 23.6 Å². The van der Waals surface area contributed by atoms with E-state index in [1.54, 1.807) is 12.1 Å². The minimum atomic E-state index is -1.10. The first-order valence-corrected chi connectivity index (χ1v) is 12.0. The summed E-state index contributed by atoms with van der Waals surface area (Å²) in [5, 5.41) is 21.8. The van der Waals surface area contributed by atoms with Gasteiger partial charge >= 0.3 is 5.97 Å². The highest BCUT2D eigenvalue weighted by Crippen LogP contribution is 2.22. The number of aliphatic carboxylic acids is 1. The van der Waals surface area contributed by atoms with E-state index < -0.39 is 53.8 Å². The molecule has 196 valence electrons. The van der Waals surface area contributed by atoms with Crippen molar-refractivity contribution in [1.29, 1.82) is 0 Å². The fraction of sp³-hybridized carbons (Fsp3) is 0.542. The Morgan fingerprint density at radius 2 is 1.56 bits per heavy atom. The molecule has 4 atom stereocenters. The van der Waals surface area contributed by atoms with E-state index in [1.165, 1.54) is 21.9 Å². The SMILES string of the molecule is NC(=O)CCC(N)C(=O)N1CCCC1C(=O)NC(Cc1ccc(O)cc1)C(=O)N1CCCC1C(=O)O. The van der Waals surface area contributed by atoms with E-state index in [9.17, 15) is 34.2 Å². The normalized spacial score (nSPS) is 21.1. The molecule has 2 heterocycles. The molecular weight excluding hydrogens is 470 g/mol. The van der Waals surface area contributed by atoms with Gasteiger partial charge in [-0.3, -0.25) is 19.2 Å². The number of amides is 4. The molecule has 3 rings (SSSR count). The van der Waals surface area contributed by atoms with Crippen LogP contribution in [0.25, 0.3) is 0 Å². The molecule has 36 heavy (non-hydrogen) atoms. The van der Waals surface area contributed by atoms with E-state index in [0.717, 1.165) is 0 Å². The van der Waals surface area contributed by atoms with E-state index in [4.69, 9.17) is 11.5 Å². The van der Waals surface area contributed by atoms with Gasteiger partial charge in [-0.15, -0.1) is 0 Å². The zero-order valence-electron chi connectivity index (χ0n) is 20.0. The Labute approximate surface area is 208 Å². The van der Waals surface area contributed by atoms with Crippen LogP contribution in [0.15, 0.2) is 24.3 Å². The standard InChI is InChI=1S/C24H33N5O7/c25-16(9-10-20(26)31)22(33)28-11-1-3-18(28)21(32)27-17(13-14-5-7-15(30)8-6-14)23(34)29-12-2-4-19(29)24(35)36/h5-8,16-19,30H,1-4,9-13,25H2,(H2,26,31)(H,27,32)(H,35,36). The summed E-state index contributed by atoms with van der Waals surface area (Å²) < 4.78 is 0. The zero-order chi connectivity index (χ0) is 26.4. The molecule has 2 saturated heterocycles. The van der Waals surface area contributed by atoms with Gasteiger partial charge in [0.05, 0.1) is 6.04 Å². The van der Waals surface area contributed by atoms with Crippen LogP contribution in [0.3, 0.4) is 0 Å². The van der Waals surface area contributed by atoms with Gasteiger partial charge in [-0.2, -0.15) is 0 Å². The number of nitrogens with zero attached hydrogens (tertiary/aromatic N) is 2. The number of carboxylic acids is 1. The minimum absolute atomic E-state index is 0.0453. The molecule has 0 aromatic heterocycles. The van der Waals surface area contributed by atoms with Crippen LogP contribution in [0, 0.1) is 0 Å². The summed E-state index contributed by atoms with van der Waals surface area (Å²) in [5.41, 5.74) is 11.7. The molecule has 1 aromatic rings. The van der Waals surface area contributed by atoms with E-state index in [0.29, 0.717) is 37.8 Å². The summed E-state index contributed by atoms with van der Waals surface area (Å²) in [6, 6.07) is 2.28. The largest absolute Gasteiger partial charge is 0.508 e. The van der Waals surface area contributed by atoms with Crippen molar-refractivity contribution in [2.75, 3.05) is 13.1 Å². The molecule has 1 aromatic carbocycles. The summed E-state index contributed by atoms with van der Waals surface area (Å²) in [7, 11) is 0. The van der Waals surface area contributed by atoms with Crippen molar-refractivity contribution in [2.45, 2.75) is 69.1 Å². The number of carbonyl (C=O) groups is 5. The highest BCUT2D eigenvalue weighted by molar-refractivity contribution is 5.95. The van der Waals surface area contributed by atoms with Crippen molar-refractivity contribution in [1.82, 2.24) is 15.1 Å². The predicted molar refractivity (Wildman–Crippen MR) is 127 cm³/mol. The first-order chi connectivity index (χ1) is 17.1. The minimum Gasteiger partial charge on any atom is -0.508 e. The van der Waals surface area contributed by atoms with Crippen molar-refractivity contribution in [2.24, 2.45) is 11.5 Å². The summed E-state index contributed by atoms with van der Waals surface area (Å²) in [4.78, 5) is 64.9. The molecule has 0 aliphatic carbocycles. The Bertz CT molecular complexity index is 999. The van der Waals surface area contributed by atoms with Gasteiger partial charge in [0.1, 0.15) is 23.9 Å². The van der Waals surface area contributed by atoms with Gasteiger partial charge in [0.15, 0.2) is 0 Å². The number of carboxylic acid groups (broad SMARTS) is 1. The molecule has 7 N–H and O–H groups in total. The highest BCUT2D eigenvalue weighted by Gasteiger charge is 2.40.